The lowest BCUT2D eigenvalue weighted by molar-refractivity contribution is 0.143. The monoisotopic (exact) mass is 341 g/mol. The third-order valence-electron chi connectivity index (χ3n) is 4.74. The van der Waals surface area contributed by atoms with Gasteiger partial charge in [-0.1, -0.05) is 13.8 Å². The van der Waals surface area contributed by atoms with E-state index in [1.807, 2.05) is 36.1 Å². The summed E-state index contributed by atoms with van der Waals surface area (Å²) in [6.45, 7) is 10.6. The van der Waals surface area contributed by atoms with Gasteiger partial charge in [0, 0.05) is 30.2 Å². The molecule has 5 heteroatoms. The van der Waals surface area contributed by atoms with Crippen LogP contribution in [0, 0.1) is 12.8 Å². The number of benzene rings is 1. The highest BCUT2D eigenvalue weighted by Gasteiger charge is 2.33. The molecule has 1 atom stereocenters. The Morgan fingerprint density at radius 2 is 1.92 bits per heavy atom. The number of anilines is 1. The normalized spacial score (nSPS) is 16.7. The maximum Gasteiger partial charge on any atom is 0.322 e. The second kappa shape index (κ2) is 7.21. The second-order valence-electron chi connectivity index (χ2n) is 6.82. The van der Waals surface area contributed by atoms with Gasteiger partial charge >= 0.3 is 6.03 Å². The molecular formula is C20H27N3O2. The highest BCUT2D eigenvalue weighted by molar-refractivity contribution is 5.89. The number of carbonyl (C=O) groups excluding carboxylic acids is 1. The predicted octanol–water partition coefficient (Wildman–Crippen LogP) is 4.44. The lowest BCUT2D eigenvalue weighted by Gasteiger charge is -2.39. The van der Waals surface area contributed by atoms with Crippen molar-refractivity contribution in [2.45, 2.75) is 40.3 Å². The number of nitrogens with zero attached hydrogens (tertiary/aromatic N) is 2. The summed E-state index contributed by atoms with van der Waals surface area (Å²) in [5.74, 6) is 1.16. The average molecular weight is 341 g/mol. The molecule has 5 nitrogen and oxygen atoms in total. The summed E-state index contributed by atoms with van der Waals surface area (Å²) in [6, 6.07) is 11.8. The zero-order valence-electron chi connectivity index (χ0n) is 15.5. The molecule has 134 valence electrons. The number of carbonyl (C=O) groups is 1. The smallest absolute Gasteiger partial charge is 0.322 e. The highest BCUT2D eigenvalue weighted by atomic mass is 16.5. The predicted molar refractivity (Wildman–Crippen MR) is 100 cm³/mol. The SMILES string of the molecule is CCOc1ccc(NC(=O)N2CCn3c(C)ccc3[C@@H]2C(C)C)cc1. The molecule has 25 heavy (non-hydrogen) atoms. The highest BCUT2D eigenvalue weighted by Crippen LogP contribution is 2.34. The molecule has 0 unspecified atom stereocenters. The molecule has 2 aromatic rings. The maximum absolute atomic E-state index is 12.9. The van der Waals surface area contributed by atoms with Crippen molar-refractivity contribution in [1.82, 2.24) is 9.47 Å². The molecule has 2 amide bonds. The largest absolute Gasteiger partial charge is 0.494 e. The van der Waals surface area contributed by atoms with E-state index in [1.54, 1.807) is 0 Å². The van der Waals surface area contributed by atoms with Crippen molar-refractivity contribution < 1.29 is 9.53 Å². The minimum absolute atomic E-state index is 0.0482. The molecule has 1 N–H and O–H groups in total. The number of hydrogen-bond acceptors (Lipinski definition) is 2. The standard InChI is InChI=1S/C20H27N3O2/c1-5-25-17-9-7-16(8-10-17)21-20(24)23-13-12-22-15(4)6-11-18(22)19(23)14(2)3/h6-11,14,19H,5,12-13H2,1-4H3,(H,21,24)/t19-/m0/s1. The molecule has 2 heterocycles. The van der Waals surface area contributed by atoms with Gasteiger partial charge in [-0.05, 0) is 56.2 Å². The summed E-state index contributed by atoms with van der Waals surface area (Å²) < 4.78 is 7.77. The van der Waals surface area contributed by atoms with Crippen LogP contribution in [0.15, 0.2) is 36.4 Å². The van der Waals surface area contributed by atoms with E-state index in [4.69, 9.17) is 4.74 Å². The van der Waals surface area contributed by atoms with E-state index < -0.39 is 0 Å². The summed E-state index contributed by atoms with van der Waals surface area (Å²) in [5.41, 5.74) is 3.26. The summed E-state index contributed by atoms with van der Waals surface area (Å²) in [4.78, 5) is 14.8. The van der Waals surface area contributed by atoms with Crippen molar-refractivity contribution >= 4 is 11.7 Å². The van der Waals surface area contributed by atoms with Crippen molar-refractivity contribution in [3.05, 3.63) is 47.8 Å². The van der Waals surface area contributed by atoms with Crippen LogP contribution in [-0.4, -0.2) is 28.6 Å². The van der Waals surface area contributed by atoms with Crippen LogP contribution in [0.5, 0.6) is 5.75 Å². The van der Waals surface area contributed by atoms with Crippen molar-refractivity contribution in [2.75, 3.05) is 18.5 Å². The van der Waals surface area contributed by atoms with Crippen molar-refractivity contribution in [3.8, 4) is 5.75 Å². The number of nitrogens with one attached hydrogen (secondary N) is 1. The Morgan fingerprint density at radius 3 is 2.56 bits per heavy atom. The van der Waals surface area contributed by atoms with Crippen LogP contribution >= 0.6 is 0 Å². The molecule has 0 saturated carbocycles. The Morgan fingerprint density at radius 1 is 1.20 bits per heavy atom. The number of amides is 2. The van der Waals surface area contributed by atoms with Crippen LogP contribution in [-0.2, 0) is 6.54 Å². The van der Waals surface area contributed by atoms with Gasteiger partial charge in [0.25, 0.3) is 0 Å². The molecule has 0 aliphatic carbocycles. The number of fused-ring (bicyclic) bond motifs is 1. The Labute approximate surface area is 149 Å². The quantitative estimate of drug-likeness (QED) is 0.893. The first-order valence-electron chi connectivity index (χ1n) is 8.97. The van der Waals surface area contributed by atoms with Gasteiger partial charge in [-0.15, -0.1) is 0 Å². The summed E-state index contributed by atoms with van der Waals surface area (Å²) in [5, 5.41) is 3.03. The van der Waals surface area contributed by atoms with E-state index in [-0.39, 0.29) is 12.1 Å². The van der Waals surface area contributed by atoms with E-state index in [1.165, 1.54) is 11.4 Å². The van der Waals surface area contributed by atoms with E-state index in [2.05, 4.69) is 42.8 Å². The second-order valence-corrected chi connectivity index (χ2v) is 6.82. The van der Waals surface area contributed by atoms with E-state index in [9.17, 15) is 4.79 Å². The summed E-state index contributed by atoms with van der Waals surface area (Å²) in [7, 11) is 0. The fourth-order valence-electron chi connectivity index (χ4n) is 3.59. The lowest BCUT2D eigenvalue weighted by atomic mass is 9.97. The van der Waals surface area contributed by atoms with Crippen LogP contribution in [0.2, 0.25) is 0 Å². The van der Waals surface area contributed by atoms with Gasteiger partial charge in [0.2, 0.25) is 0 Å². The minimum atomic E-state index is -0.0482. The van der Waals surface area contributed by atoms with Crippen LogP contribution in [0.4, 0.5) is 10.5 Å². The summed E-state index contributed by atoms with van der Waals surface area (Å²) >= 11 is 0. The zero-order valence-corrected chi connectivity index (χ0v) is 15.5. The number of rotatable bonds is 4. The third kappa shape index (κ3) is 3.50. The van der Waals surface area contributed by atoms with E-state index in [0.29, 0.717) is 19.1 Å². The van der Waals surface area contributed by atoms with Crippen LogP contribution in [0.3, 0.4) is 0 Å². The zero-order chi connectivity index (χ0) is 18.0. The summed E-state index contributed by atoms with van der Waals surface area (Å²) in [6.07, 6.45) is 0. The molecule has 1 aromatic heterocycles. The van der Waals surface area contributed by atoms with E-state index in [0.717, 1.165) is 18.0 Å². The van der Waals surface area contributed by atoms with Gasteiger partial charge in [-0.3, -0.25) is 0 Å². The molecule has 0 radical (unpaired) electrons. The molecular weight excluding hydrogens is 314 g/mol. The topological polar surface area (TPSA) is 46.5 Å². The Kier molecular flexibility index (Phi) is 5.02. The molecule has 0 spiro atoms. The average Bonchev–Trinajstić information content (AvgIpc) is 2.97. The van der Waals surface area contributed by atoms with Gasteiger partial charge in [0.05, 0.1) is 12.6 Å². The number of ether oxygens (including phenoxy) is 1. The molecule has 0 bridgehead atoms. The van der Waals surface area contributed by atoms with Gasteiger partial charge < -0.3 is 19.5 Å². The lowest BCUT2D eigenvalue weighted by Crippen LogP contribution is -2.46. The van der Waals surface area contributed by atoms with Crippen molar-refractivity contribution in [1.29, 1.82) is 0 Å². The van der Waals surface area contributed by atoms with Gasteiger partial charge in [0.15, 0.2) is 0 Å². The molecule has 1 aliphatic rings. The van der Waals surface area contributed by atoms with Gasteiger partial charge in [-0.2, -0.15) is 0 Å². The fraction of sp³-hybridized carbons (Fsp3) is 0.450. The van der Waals surface area contributed by atoms with Crippen molar-refractivity contribution in [2.24, 2.45) is 5.92 Å². The van der Waals surface area contributed by atoms with Gasteiger partial charge in [0.1, 0.15) is 5.75 Å². The van der Waals surface area contributed by atoms with Crippen LogP contribution < -0.4 is 10.1 Å². The molecule has 1 aliphatic heterocycles. The van der Waals surface area contributed by atoms with Crippen molar-refractivity contribution in [3.63, 3.8) is 0 Å². The minimum Gasteiger partial charge on any atom is -0.494 e. The molecule has 1 aromatic carbocycles. The third-order valence-corrected chi connectivity index (χ3v) is 4.74. The van der Waals surface area contributed by atoms with E-state index >= 15 is 0 Å². The van der Waals surface area contributed by atoms with Crippen LogP contribution in [0.1, 0.15) is 38.2 Å². The maximum atomic E-state index is 12.9. The molecule has 0 fully saturated rings. The number of hydrogen-bond donors (Lipinski definition) is 1. The Bertz CT molecular complexity index is 734. The first kappa shape index (κ1) is 17.4. The first-order chi connectivity index (χ1) is 12.0. The fourth-order valence-corrected chi connectivity index (χ4v) is 3.59. The molecule has 0 saturated heterocycles. The number of urea groups is 1. The van der Waals surface area contributed by atoms with Gasteiger partial charge in [-0.25, -0.2) is 4.79 Å². The molecule has 3 rings (SSSR count). The Hall–Kier alpha value is -2.43. The first-order valence-corrected chi connectivity index (χ1v) is 8.97. The Balaban J connectivity index is 1.77. The van der Waals surface area contributed by atoms with Crippen LogP contribution in [0.25, 0.3) is 0 Å². The number of aryl methyl sites for hydroxylation is 1. The number of aromatic nitrogens is 1.